The molecule has 2 aliphatic heterocycles. The number of aliphatic imine (C=N–C) groups is 1. The van der Waals surface area contributed by atoms with E-state index in [1.54, 1.807) is 26.0 Å². The topological polar surface area (TPSA) is 143 Å². The number of piperazine rings is 1. The van der Waals surface area contributed by atoms with E-state index >= 15 is 0 Å². The number of hydrogen-bond donors (Lipinski definition) is 1. The van der Waals surface area contributed by atoms with E-state index in [9.17, 15) is 19.7 Å². The fourth-order valence-corrected chi connectivity index (χ4v) is 4.79. The van der Waals surface area contributed by atoms with Crippen LogP contribution >= 0.6 is 11.6 Å². The summed E-state index contributed by atoms with van der Waals surface area (Å²) >= 11 is 6.14. The Labute approximate surface area is 228 Å². The maximum absolute atomic E-state index is 14.1. The Balaban J connectivity index is 1.70. The summed E-state index contributed by atoms with van der Waals surface area (Å²) in [5.74, 6) is 0.165. The van der Waals surface area contributed by atoms with Crippen LogP contribution in [0.25, 0.3) is 0 Å². The highest BCUT2D eigenvalue weighted by Gasteiger charge is 2.46. The number of nitrogens with zero attached hydrogens (tertiary/aromatic N) is 5. The molecule has 1 aromatic heterocycles. The fourth-order valence-electron chi connectivity index (χ4n) is 4.67. The molecule has 0 bridgehead atoms. The number of ether oxygens (including phenoxy) is 1. The minimum Gasteiger partial charge on any atom is -0.490 e. The monoisotopic (exact) mass is 552 g/mol. The van der Waals surface area contributed by atoms with Crippen LogP contribution in [-0.4, -0.2) is 63.4 Å². The quantitative estimate of drug-likeness (QED) is 0.358. The first-order valence-corrected chi connectivity index (χ1v) is 12.6. The molecule has 2 aromatic carbocycles. The normalized spacial score (nSPS) is 19.2. The number of rotatable bonds is 6. The molecule has 13 heteroatoms. The van der Waals surface area contributed by atoms with Crippen molar-refractivity contribution in [1.29, 1.82) is 0 Å². The number of benzene rings is 2. The van der Waals surface area contributed by atoms with Gasteiger partial charge in [0.1, 0.15) is 30.4 Å². The van der Waals surface area contributed by atoms with Crippen LogP contribution in [0.4, 0.5) is 10.5 Å². The summed E-state index contributed by atoms with van der Waals surface area (Å²) < 4.78 is 11.1. The highest BCUT2D eigenvalue weighted by Crippen LogP contribution is 2.45. The van der Waals surface area contributed by atoms with Crippen LogP contribution in [0.3, 0.4) is 0 Å². The smallest absolute Gasteiger partial charge is 0.326 e. The van der Waals surface area contributed by atoms with Crippen LogP contribution in [0.5, 0.6) is 5.75 Å². The molecule has 39 heavy (non-hydrogen) atoms. The van der Waals surface area contributed by atoms with Crippen molar-refractivity contribution in [2.75, 3.05) is 19.6 Å². The lowest BCUT2D eigenvalue weighted by Crippen LogP contribution is -2.55. The van der Waals surface area contributed by atoms with Gasteiger partial charge in [0.25, 0.3) is 5.69 Å². The predicted molar refractivity (Wildman–Crippen MR) is 141 cm³/mol. The van der Waals surface area contributed by atoms with Crippen molar-refractivity contribution >= 4 is 35.1 Å². The van der Waals surface area contributed by atoms with Gasteiger partial charge in [-0.25, -0.2) is 4.79 Å². The molecule has 3 amide bonds. The zero-order chi connectivity index (χ0) is 27.7. The lowest BCUT2D eigenvalue weighted by molar-refractivity contribution is -0.384. The molecule has 0 spiro atoms. The van der Waals surface area contributed by atoms with E-state index in [2.05, 4.69) is 10.5 Å². The van der Waals surface area contributed by atoms with E-state index in [4.69, 9.17) is 25.9 Å². The molecular weight excluding hydrogens is 528 g/mol. The number of carbonyl (C=O) groups excluding carboxylic acids is 2. The van der Waals surface area contributed by atoms with Gasteiger partial charge in [-0.1, -0.05) is 28.9 Å². The third-order valence-corrected chi connectivity index (χ3v) is 6.62. The Morgan fingerprint density at radius 2 is 2.00 bits per heavy atom. The molecule has 0 radical (unpaired) electrons. The Hall–Kier alpha value is -4.45. The first-order valence-electron chi connectivity index (χ1n) is 12.3. The first-order chi connectivity index (χ1) is 18.7. The van der Waals surface area contributed by atoms with Gasteiger partial charge in [0.2, 0.25) is 5.91 Å². The van der Waals surface area contributed by atoms with Crippen LogP contribution in [0.2, 0.25) is 5.02 Å². The number of non-ortho nitro benzene ring substituents is 1. The summed E-state index contributed by atoms with van der Waals surface area (Å²) in [6.45, 7) is 4.07. The summed E-state index contributed by atoms with van der Waals surface area (Å²) in [5.41, 5.74) is 1.57. The summed E-state index contributed by atoms with van der Waals surface area (Å²) in [4.78, 5) is 45.2. The van der Waals surface area contributed by atoms with Gasteiger partial charge in [-0.2, -0.15) is 0 Å². The number of aromatic nitrogens is 1. The highest BCUT2D eigenvalue weighted by atomic mass is 35.5. The number of urea groups is 1. The summed E-state index contributed by atoms with van der Waals surface area (Å²) in [6, 6.07) is 9.51. The average Bonchev–Trinajstić information content (AvgIpc) is 3.56. The third kappa shape index (κ3) is 5.28. The molecule has 202 valence electrons. The molecule has 2 unspecified atom stereocenters. The predicted octanol–water partition coefficient (Wildman–Crippen LogP) is 4.12. The maximum Gasteiger partial charge on any atom is 0.326 e. The number of halogens is 1. The van der Waals surface area contributed by atoms with E-state index in [-0.39, 0.29) is 35.8 Å². The first kappa shape index (κ1) is 26.2. The van der Waals surface area contributed by atoms with Gasteiger partial charge in [-0.05, 0) is 37.6 Å². The van der Waals surface area contributed by atoms with E-state index in [1.165, 1.54) is 40.5 Å². The number of carbonyl (C=O) groups is 2. The second-order valence-corrected chi connectivity index (χ2v) is 9.82. The van der Waals surface area contributed by atoms with Gasteiger partial charge in [0.15, 0.2) is 0 Å². The summed E-state index contributed by atoms with van der Waals surface area (Å²) in [7, 11) is 0. The van der Waals surface area contributed by atoms with E-state index in [0.717, 1.165) is 5.56 Å². The van der Waals surface area contributed by atoms with Crippen LogP contribution < -0.4 is 10.1 Å². The molecule has 2 aliphatic rings. The Morgan fingerprint density at radius 3 is 2.64 bits per heavy atom. The van der Waals surface area contributed by atoms with Gasteiger partial charge < -0.3 is 19.5 Å². The molecule has 1 saturated heterocycles. The Kier molecular flexibility index (Phi) is 7.20. The molecule has 0 aliphatic carbocycles. The molecule has 3 heterocycles. The molecule has 1 N–H and O–H groups in total. The molecular formula is C26H25ClN6O6. The summed E-state index contributed by atoms with van der Waals surface area (Å²) in [6.07, 6.45) is 2.64. The van der Waals surface area contributed by atoms with Gasteiger partial charge >= 0.3 is 6.03 Å². The molecule has 1 fully saturated rings. The number of amides is 3. The summed E-state index contributed by atoms with van der Waals surface area (Å²) in [5, 5.41) is 18.6. The van der Waals surface area contributed by atoms with Crippen LogP contribution in [0, 0.1) is 10.1 Å². The van der Waals surface area contributed by atoms with Crippen LogP contribution in [0.1, 0.15) is 42.6 Å². The number of hydrogen-bond acceptors (Lipinski definition) is 8. The number of nitro groups is 1. The van der Waals surface area contributed by atoms with Crippen molar-refractivity contribution in [2.24, 2.45) is 4.99 Å². The van der Waals surface area contributed by atoms with Crippen molar-refractivity contribution in [3.63, 3.8) is 0 Å². The standard InChI is InChI=1S/C26H25ClN6O6/c1-15(2)39-21-11-19(33(36)37)7-8-20(21)25-30-23(16-3-5-18(27)6-4-16)24(17-12-29-38-14-17)32(25)26(35)31-10-9-28-22(34)13-31/h3-8,11-12,14-15,23-24H,9-10,13H2,1-2H3,(H,28,34). The van der Waals surface area contributed by atoms with Crippen molar-refractivity contribution < 1.29 is 23.8 Å². The van der Waals surface area contributed by atoms with Crippen LogP contribution in [-0.2, 0) is 4.79 Å². The largest absolute Gasteiger partial charge is 0.490 e. The lowest BCUT2D eigenvalue weighted by atomic mass is 9.96. The molecule has 3 aromatic rings. The van der Waals surface area contributed by atoms with Gasteiger partial charge in [-0.15, -0.1) is 0 Å². The molecule has 12 nitrogen and oxygen atoms in total. The van der Waals surface area contributed by atoms with Crippen molar-refractivity contribution in [3.05, 3.63) is 86.8 Å². The van der Waals surface area contributed by atoms with E-state index < -0.39 is 23.0 Å². The number of amidine groups is 1. The maximum atomic E-state index is 14.1. The second kappa shape index (κ2) is 10.7. The minimum atomic E-state index is -0.702. The number of nitro benzene ring substituents is 1. The Morgan fingerprint density at radius 1 is 1.23 bits per heavy atom. The van der Waals surface area contributed by atoms with Crippen molar-refractivity contribution in [2.45, 2.75) is 32.0 Å². The SMILES string of the molecule is CC(C)Oc1cc([N+](=O)[O-])ccc1C1=NC(c2ccc(Cl)cc2)C(c2cnoc2)N1C(=O)N1CCNC(=O)C1. The number of nitrogens with one attached hydrogen (secondary N) is 1. The molecule has 0 saturated carbocycles. The molecule has 5 rings (SSSR count). The van der Waals surface area contributed by atoms with Gasteiger partial charge in [0.05, 0.1) is 34.9 Å². The van der Waals surface area contributed by atoms with E-state index in [0.29, 0.717) is 29.2 Å². The van der Waals surface area contributed by atoms with E-state index in [1.807, 2.05) is 12.1 Å². The third-order valence-electron chi connectivity index (χ3n) is 6.37. The van der Waals surface area contributed by atoms with Crippen LogP contribution in [0.15, 0.2) is 64.4 Å². The van der Waals surface area contributed by atoms with Crippen molar-refractivity contribution in [1.82, 2.24) is 20.3 Å². The van der Waals surface area contributed by atoms with Gasteiger partial charge in [-0.3, -0.25) is 24.8 Å². The Bertz CT molecular complexity index is 1430. The molecule has 2 atom stereocenters. The van der Waals surface area contributed by atoms with Crippen molar-refractivity contribution in [3.8, 4) is 5.75 Å². The zero-order valence-electron chi connectivity index (χ0n) is 21.1. The zero-order valence-corrected chi connectivity index (χ0v) is 21.9. The lowest BCUT2D eigenvalue weighted by Gasteiger charge is -2.35. The minimum absolute atomic E-state index is 0.125. The second-order valence-electron chi connectivity index (χ2n) is 9.38. The van der Waals surface area contributed by atoms with Gasteiger partial charge in [0, 0.05) is 29.7 Å². The highest BCUT2D eigenvalue weighted by molar-refractivity contribution is 6.30. The fraction of sp³-hybridized carbons (Fsp3) is 0.308. The average molecular weight is 553 g/mol.